The van der Waals surface area contributed by atoms with E-state index in [1.807, 2.05) is 0 Å². The number of amides is 1. The first kappa shape index (κ1) is 21.5. The average molecular weight is 415 g/mol. The lowest BCUT2D eigenvalue weighted by Crippen LogP contribution is -2.47. The molecule has 0 aromatic heterocycles. The second-order valence-corrected chi connectivity index (χ2v) is 8.36. The second-order valence-electron chi connectivity index (χ2n) is 6.57. The predicted octanol–water partition coefficient (Wildman–Crippen LogP) is 1.52. The third kappa shape index (κ3) is 4.72. The summed E-state index contributed by atoms with van der Waals surface area (Å²) in [6, 6.07) is 0. The van der Waals surface area contributed by atoms with Crippen LogP contribution >= 0.6 is 0 Å². The lowest BCUT2D eigenvalue weighted by atomic mass is 9.79. The van der Waals surface area contributed by atoms with Gasteiger partial charge in [0.15, 0.2) is 0 Å². The Morgan fingerprint density at radius 2 is 1.93 bits per heavy atom. The third-order valence-electron chi connectivity index (χ3n) is 4.65. The molecule has 27 heavy (non-hydrogen) atoms. The summed E-state index contributed by atoms with van der Waals surface area (Å²) >= 11 is 0. The van der Waals surface area contributed by atoms with E-state index in [0.717, 1.165) is 0 Å². The molecule has 1 N–H and O–H groups in total. The number of esters is 1. The number of carbonyl (C=O) groups excluding carboxylic acids is 2. The minimum absolute atomic E-state index is 0.257. The van der Waals surface area contributed by atoms with Crippen LogP contribution in [0.25, 0.3) is 0 Å². The van der Waals surface area contributed by atoms with Crippen molar-refractivity contribution in [2.45, 2.75) is 43.9 Å². The molecule has 0 spiro atoms. The van der Waals surface area contributed by atoms with Gasteiger partial charge in [0.2, 0.25) is 0 Å². The molecule has 2 rings (SSSR count). The molecular formula is C15H20F3NO7S. The number of rotatable bonds is 5. The Labute approximate surface area is 154 Å². The Morgan fingerprint density at radius 3 is 2.52 bits per heavy atom. The van der Waals surface area contributed by atoms with Crippen molar-refractivity contribution in [3.63, 3.8) is 0 Å². The van der Waals surface area contributed by atoms with Gasteiger partial charge in [0.1, 0.15) is 24.4 Å². The molecular weight excluding hydrogens is 395 g/mol. The van der Waals surface area contributed by atoms with E-state index in [1.165, 1.54) is 0 Å². The van der Waals surface area contributed by atoms with Gasteiger partial charge in [0, 0.05) is 5.92 Å². The first-order valence-electron chi connectivity index (χ1n) is 8.14. The molecule has 154 valence electrons. The summed E-state index contributed by atoms with van der Waals surface area (Å²) in [6.07, 6.45) is -7.11. The summed E-state index contributed by atoms with van der Waals surface area (Å²) in [6.45, 7) is 5.22. The number of fused-ring (bicyclic) bond motifs is 2. The monoisotopic (exact) mass is 415 g/mol. The Hall–Kier alpha value is -1.82. The molecule has 1 amide bonds. The molecule has 1 heterocycles. The number of hydrogen-bond acceptors (Lipinski definition) is 7. The van der Waals surface area contributed by atoms with Crippen molar-refractivity contribution in [2.24, 2.45) is 11.8 Å². The molecule has 2 bridgehead atoms. The topological polar surface area (TPSA) is 108 Å². The standard InChI is InChI=1S/C15H20F3NO7S/c1-7-6-10-8(2)12(26-27(10,22)23)11(7)25-14(21)19-4-5-24-13(20)9(3)15(16,17)18/h7-8,10-12H,3-6H2,1-2H3,(H,19,21). The first-order valence-corrected chi connectivity index (χ1v) is 9.61. The summed E-state index contributed by atoms with van der Waals surface area (Å²) in [5.41, 5.74) is -1.65. The minimum Gasteiger partial charge on any atom is -0.460 e. The highest BCUT2D eigenvalue weighted by atomic mass is 32.2. The Bertz CT molecular complexity index is 721. The molecule has 12 heteroatoms. The van der Waals surface area contributed by atoms with Gasteiger partial charge in [-0.1, -0.05) is 20.4 Å². The molecule has 1 aliphatic heterocycles. The van der Waals surface area contributed by atoms with Gasteiger partial charge in [-0.15, -0.1) is 0 Å². The summed E-state index contributed by atoms with van der Waals surface area (Å²) < 4.78 is 75.2. The molecule has 8 nitrogen and oxygen atoms in total. The zero-order valence-corrected chi connectivity index (χ0v) is 15.4. The number of ether oxygens (including phenoxy) is 2. The average Bonchev–Trinajstić information content (AvgIpc) is 2.70. The van der Waals surface area contributed by atoms with E-state index >= 15 is 0 Å². The smallest absolute Gasteiger partial charge is 0.422 e. The van der Waals surface area contributed by atoms with E-state index < -0.39 is 58.0 Å². The number of hydrogen-bond donors (Lipinski definition) is 1. The quantitative estimate of drug-likeness (QED) is 0.314. The molecule has 0 radical (unpaired) electrons. The van der Waals surface area contributed by atoms with Crippen LogP contribution in [0, 0.1) is 11.8 Å². The number of alkyl halides is 3. The van der Waals surface area contributed by atoms with Crippen molar-refractivity contribution in [1.29, 1.82) is 0 Å². The van der Waals surface area contributed by atoms with Crippen molar-refractivity contribution in [1.82, 2.24) is 5.32 Å². The maximum Gasteiger partial charge on any atom is 0.422 e. The van der Waals surface area contributed by atoms with Crippen molar-refractivity contribution < 1.29 is 44.8 Å². The number of carbonyl (C=O) groups is 2. The molecule has 2 aliphatic rings. The number of halogens is 3. The Morgan fingerprint density at radius 1 is 1.30 bits per heavy atom. The lowest BCUT2D eigenvalue weighted by Gasteiger charge is -2.34. The van der Waals surface area contributed by atoms with E-state index in [9.17, 15) is 31.2 Å². The van der Waals surface area contributed by atoms with E-state index in [1.54, 1.807) is 13.8 Å². The van der Waals surface area contributed by atoms with E-state index in [2.05, 4.69) is 16.6 Å². The maximum atomic E-state index is 12.2. The van der Waals surface area contributed by atoms with Gasteiger partial charge >= 0.3 is 18.2 Å². The van der Waals surface area contributed by atoms with Gasteiger partial charge in [0.05, 0.1) is 11.8 Å². The van der Waals surface area contributed by atoms with Crippen molar-refractivity contribution >= 4 is 22.2 Å². The number of alkyl carbamates (subject to hydrolysis) is 1. The van der Waals surface area contributed by atoms with Crippen LogP contribution in [0.5, 0.6) is 0 Å². The third-order valence-corrected chi connectivity index (χ3v) is 6.50. The number of nitrogens with one attached hydrogen (secondary N) is 1. The molecule has 1 saturated heterocycles. The Kier molecular flexibility index (Phi) is 6.10. The van der Waals surface area contributed by atoms with Crippen LogP contribution in [0.1, 0.15) is 20.3 Å². The Balaban J connectivity index is 1.79. The zero-order valence-electron chi connectivity index (χ0n) is 14.6. The fraction of sp³-hybridized carbons (Fsp3) is 0.733. The first-order chi connectivity index (χ1) is 12.3. The van der Waals surface area contributed by atoms with Crippen LogP contribution in [0.2, 0.25) is 0 Å². The molecule has 0 aromatic rings. The van der Waals surface area contributed by atoms with Crippen LogP contribution in [-0.4, -0.2) is 57.3 Å². The van der Waals surface area contributed by atoms with E-state index in [0.29, 0.717) is 0 Å². The predicted molar refractivity (Wildman–Crippen MR) is 85.0 cm³/mol. The lowest BCUT2D eigenvalue weighted by molar-refractivity contribution is -0.150. The zero-order chi connectivity index (χ0) is 20.6. The van der Waals surface area contributed by atoms with Gasteiger partial charge in [-0.25, -0.2) is 9.59 Å². The normalized spacial score (nSPS) is 31.8. The fourth-order valence-electron chi connectivity index (χ4n) is 3.15. The molecule has 0 aromatic carbocycles. The van der Waals surface area contributed by atoms with Crippen molar-refractivity contribution in [3.8, 4) is 0 Å². The highest BCUT2D eigenvalue weighted by molar-refractivity contribution is 7.87. The van der Waals surface area contributed by atoms with Gasteiger partial charge in [0.25, 0.3) is 10.1 Å². The highest BCUT2D eigenvalue weighted by Gasteiger charge is 2.56. The van der Waals surface area contributed by atoms with Crippen molar-refractivity contribution in [2.75, 3.05) is 13.2 Å². The SMILES string of the molecule is C=C(C(=O)OCCNC(=O)OC1C(C)CC2C(C)C1OS2(=O)=O)C(F)(F)F. The van der Waals surface area contributed by atoms with Crippen LogP contribution in [-0.2, 0) is 28.6 Å². The molecule has 1 saturated carbocycles. The van der Waals surface area contributed by atoms with Crippen LogP contribution in [0.15, 0.2) is 12.2 Å². The van der Waals surface area contributed by atoms with Gasteiger partial charge in [-0.05, 0) is 12.3 Å². The largest absolute Gasteiger partial charge is 0.460 e. The van der Waals surface area contributed by atoms with Crippen LogP contribution in [0.4, 0.5) is 18.0 Å². The van der Waals surface area contributed by atoms with E-state index in [-0.39, 0.29) is 24.8 Å². The summed E-state index contributed by atoms with van der Waals surface area (Å²) in [5.74, 6) is -2.23. The molecule has 2 fully saturated rings. The summed E-state index contributed by atoms with van der Waals surface area (Å²) in [4.78, 5) is 23.0. The summed E-state index contributed by atoms with van der Waals surface area (Å²) in [7, 11) is -3.69. The van der Waals surface area contributed by atoms with Gasteiger partial charge in [-0.2, -0.15) is 21.6 Å². The maximum absolute atomic E-state index is 12.2. The minimum atomic E-state index is -4.89. The molecule has 5 atom stereocenters. The summed E-state index contributed by atoms with van der Waals surface area (Å²) in [5, 5.41) is 1.59. The highest BCUT2D eigenvalue weighted by Crippen LogP contribution is 2.43. The fourth-order valence-corrected chi connectivity index (χ4v) is 5.10. The van der Waals surface area contributed by atoms with E-state index in [4.69, 9.17) is 8.92 Å². The molecule has 5 unspecified atom stereocenters. The van der Waals surface area contributed by atoms with Crippen LogP contribution in [0.3, 0.4) is 0 Å². The second kappa shape index (κ2) is 7.66. The van der Waals surface area contributed by atoms with Crippen LogP contribution < -0.4 is 5.32 Å². The van der Waals surface area contributed by atoms with Crippen molar-refractivity contribution in [3.05, 3.63) is 12.2 Å². The molecule has 1 aliphatic carbocycles. The van der Waals surface area contributed by atoms with Gasteiger partial charge in [-0.3, -0.25) is 4.18 Å². The van der Waals surface area contributed by atoms with Gasteiger partial charge < -0.3 is 14.8 Å².